The topological polar surface area (TPSA) is 90.4 Å². The molecule has 0 aromatic carbocycles. The van der Waals surface area contributed by atoms with Gasteiger partial charge in [-0.05, 0) is 13.0 Å². The Bertz CT molecular complexity index is 521. The van der Waals surface area contributed by atoms with Crippen LogP contribution in [-0.2, 0) is 0 Å². The number of aromatic amines is 2. The molecule has 2 N–H and O–H groups in total. The van der Waals surface area contributed by atoms with Crippen LogP contribution >= 0.6 is 0 Å². The smallest absolute Gasteiger partial charge is 0.313 e. The first-order valence-corrected chi connectivity index (χ1v) is 4.19. The quantitative estimate of drug-likeness (QED) is 0.540. The van der Waals surface area contributed by atoms with E-state index in [1.807, 2.05) is 0 Å². The van der Waals surface area contributed by atoms with E-state index in [1.165, 1.54) is 18.5 Å². The molecule has 15 heavy (non-hydrogen) atoms. The third kappa shape index (κ3) is 2.60. The summed E-state index contributed by atoms with van der Waals surface area (Å²) in [5.74, 6) is 0. The molecule has 0 fully saturated rings. The molecular formula is C9H10N4O2. The third-order valence-electron chi connectivity index (χ3n) is 1.57. The van der Waals surface area contributed by atoms with Crippen molar-refractivity contribution in [2.45, 2.75) is 6.92 Å². The van der Waals surface area contributed by atoms with Crippen LogP contribution in [0.15, 0.2) is 38.6 Å². The molecule has 0 aliphatic heterocycles. The molecule has 1 rings (SSSR count). The Balaban J connectivity index is 3.31. The van der Waals surface area contributed by atoms with Gasteiger partial charge in [0.15, 0.2) is 0 Å². The minimum absolute atomic E-state index is 0.218. The van der Waals surface area contributed by atoms with Gasteiger partial charge in [-0.2, -0.15) is 10.2 Å². The predicted octanol–water partition coefficient (Wildman–Crippen LogP) is 0.0440. The van der Waals surface area contributed by atoms with Crippen molar-refractivity contribution in [2.24, 2.45) is 10.2 Å². The van der Waals surface area contributed by atoms with Gasteiger partial charge in [0.2, 0.25) is 0 Å². The molecule has 0 bridgehead atoms. The van der Waals surface area contributed by atoms with Gasteiger partial charge >= 0.3 is 5.69 Å². The summed E-state index contributed by atoms with van der Waals surface area (Å²) in [6.45, 7) is 5.20. The van der Waals surface area contributed by atoms with Crippen molar-refractivity contribution >= 4 is 11.9 Å². The number of aromatic nitrogens is 2. The summed E-state index contributed by atoms with van der Waals surface area (Å²) in [7, 11) is 0. The molecule has 1 aromatic heterocycles. The van der Waals surface area contributed by atoms with Gasteiger partial charge in [0.05, 0.1) is 11.3 Å². The Morgan fingerprint density at radius 2 is 2.27 bits per heavy atom. The van der Waals surface area contributed by atoms with Gasteiger partial charge < -0.3 is 4.98 Å². The van der Waals surface area contributed by atoms with Gasteiger partial charge in [-0.1, -0.05) is 6.58 Å². The van der Waals surface area contributed by atoms with Gasteiger partial charge in [-0.3, -0.25) is 9.78 Å². The summed E-state index contributed by atoms with van der Waals surface area (Å²) >= 11 is 0. The predicted molar refractivity (Wildman–Crippen MR) is 58.6 cm³/mol. The molecule has 0 atom stereocenters. The van der Waals surface area contributed by atoms with Gasteiger partial charge in [0.1, 0.15) is 0 Å². The second-order valence-corrected chi connectivity index (χ2v) is 2.55. The lowest BCUT2D eigenvalue weighted by Gasteiger charge is -1.96. The zero-order valence-corrected chi connectivity index (χ0v) is 8.15. The Morgan fingerprint density at radius 3 is 2.80 bits per heavy atom. The highest BCUT2D eigenvalue weighted by Gasteiger charge is 2.04. The van der Waals surface area contributed by atoms with E-state index >= 15 is 0 Å². The fourth-order valence-corrected chi connectivity index (χ4v) is 0.925. The third-order valence-corrected chi connectivity index (χ3v) is 1.57. The van der Waals surface area contributed by atoms with Crippen LogP contribution in [0.1, 0.15) is 12.5 Å². The van der Waals surface area contributed by atoms with Crippen molar-refractivity contribution in [3.63, 3.8) is 0 Å². The second kappa shape index (κ2) is 4.85. The average molecular weight is 206 g/mol. The largest absolute Gasteiger partial charge is 0.325 e. The first-order chi connectivity index (χ1) is 7.19. The maximum absolute atomic E-state index is 11.3. The van der Waals surface area contributed by atoms with Crippen molar-refractivity contribution in [2.75, 3.05) is 0 Å². The van der Waals surface area contributed by atoms with Crippen molar-refractivity contribution in [3.05, 3.63) is 45.3 Å². The van der Waals surface area contributed by atoms with E-state index in [4.69, 9.17) is 0 Å². The van der Waals surface area contributed by atoms with Crippen LogP contribution in [0.3, 0.4) is 0 Å². The van der Waals surface area contributed by atoms with Crippen molar-refractivity contribution in [1.29, 1.82) is 0 Å². The molecule has 0 spiro atoms. The minimum Gasteiger partial charge on any atom is -0.313 e. The second-order valence-electron chi connectivity index (χ2n) is 2.55. The molecular weight excluding hydrogens is 196 g/mol. The summed E-state index contributed by atoms with van der Waals surface area (Å²) in [6.07, 6.45) is 4.13. The monoisotopic (exact) mass is 206 g/mol. The number of allylic oxidation sites excluding steroid dienone is 1. The van der Waals surface area contributed by atoms with Crippen molar-refractivity contribution < 1.29 is 0 Å². The van der Waals surface area contributed by atoms with E-state index in [-0.39, 0.29) is 5.56 Å². The molecule has 0 saturated carbocycles. The van der Waals surface area contributed by atoms with Crippen LogP contribution in [0.5, 0.6) is 0 Å². The van der Waals surface area contributed by atoms with Gasteiger partial charge in [0.25, 0.3) is 5.56 Å². The first kappa shape index (κ1) is 10.8. The first-order valence-electron chi connectivity index (χ1n) is 4.19. The Labute approximate surface area is 85.1 Å². The summed E-state index contributed by atoms with van der Waals surface area (Å²) in [5, 5.41) is 7.38. The lowest BCUT2D eigenvalue weighted by molar-refractivity contribution is 1.03. The number of rotatable bonds is 3. The van der Waals surface area contributed by atoms with E-state index in [1.54, 1.807) is 6.92 Å². The average Bonchev–Trinajstić information content (AvgIpc) is 2.21. The number of nitrogens with one attached hydrogen (secondary N) is 2. The summed E-state index contributed by atoms with van der Waals surface area (Å²) in [4.78, 5) is 26.5. The lowest BCUT2D eigenvalue weighted by atomic mass is 10.2. The van der Waals surface area contributed by atoms with Crippen molar-refractivity contribution in [1.82, 2.24) is 9.97 Å². The van der Waals surface area contributed by atoms with Crippen LogP contribution in [0.25, 0.3) is 0 Å². The molecule has 0 unspecified atom stereocenters. The maximum atomic E-state index is 11.3. The molecule has 6 nitrogen and oxygen atoms in total. The highest BCUT2D eigenvalue weighted by Crippen LogP contribution is 1.92. The molecule has 6 heteroatoms. The fraction of sp³-hybridized carbons (Fsp3) is 0.111. The SMILES string of the molecule is C=C/C(=N\N=C/C)c1c[nH]c(=O)[nH]c1=O. The minimum atomic E-state index is -0.564. The molecule has 0 saturated heterocycles. The van der Waals surface area contributed by atoms with Crippen LogP contribution in [0, 0.1) is 0 Å². The molecule has 0 radical (unpaired) electrons. The highest BCUT2D eigenvalue weighted by molar-refractivity contribution is 6.07. The van der Waals surface area contributed by atoms with Crippen LogP contribution in [0.4, 0.5) is 0 Å². The van der Waals surface area contributed by atoms with E-state index in [9.17, 15) is 9.59 Å². The molecule has 1 aromatic rings. The number of hydrogen-bond acceptors (Lipinski definition) is 4. The molecule has 1 heterocycles. The van der Waals surface area contributed by atoms with Crippen LogP contribution in [-0.4, -0.2) is 21.9 Å². The van der Waals surface area contributed by atoms with Crippen LogP contribution in [0.2, 0.25) is 0 Å². The highest BCUT2D eigenvalue weighted by atomic mass is 16.2. The fourth-order valence-electron chi connectivity index (χ4n) is 0.925. The van der Waals surface area contributed by atoms with Gasteiger partial charge in [-0.25, -0.2) is 4.79 Å². The Morgan fingerprint density at radius 1 is 1.53 bits per heavy atom. The van der Waals surface area contributed by atoms with Gasteiger partial charge in [-0.15, -0.1) is 0 Å². The molecule has 0 amide bonds. The summed E-state index contributed by atoms with van der Waals surface area (Å²) in [5.41, 5.74) is -0.573. The number of H-pyrrole nitrogens is 2. The standard InChI is InChI=1S/C9H10N4O2/c1-3-7(13-11-4-2)6-5-10-9(15)12-8(6)14/h3-5H,1H2,2H3,(H2,10,12,14,15)/b11-4-,13-7+. The number of hydrogen-bond donors (Lipinski definition) is 2. The normalized spacial score (nSPS) is 11.9. The summed E-state index contributed by atoms with van der Waals surface area (Å²) in [6, 6.07) is 0. The Hall–Kier alpha value is -2.24. The van der Waals surface area contributed by atoms with Gasteiger partial charge in [0, 0.05) is 12.4 Å². The van der Waals surface area contributed by atoms with E-state index < -0.39 is 11.2 Å². The maximum Gasteiger partial charge on any atom is 0.325 e. The van der Waals surface area contributed by atoms with E-state index in [0.717, 1.165) is 0 Å². The van der Waals surface area contributed by atoms with E-state index in [0.29, 0.717) is 5.71 Å². The summed E-state index contributed by atoms with van der Waals surface area (Å²) < 4.78 is 0. The molecule has 0 aliphatic carbocycles. The van der Waals surface area contributed by atoms with Crippen molar-refractivity contribution in [3.8, 4) is 0 Å². The zero-order chi connectivity index (χ0) is 11.3. The lowest BCUT2D eigenvalue weighted by Crippen LogP contribution is -2.26. The van der Waals surface area contributed by atoms with Crippen LogP contribution < -0.4 is 11.2 Å². The zero-order valence-electron chi connectivity index (χ0n) is 8.15. The number of nitrogens with zero attached hydrogens (tertiary/aromatic N) is 2. The Kier molecular flexibility index (Phi) is 3.50. The molecule has 0 aliphatic rings. The molecule has 78 valence electrons. The van der Waals surface area contributed by atoms with E-state index in [2.05, 4.69) is 26.7 Å².